The summed E-state index contributed by atoms with van der Waals surface area (Å²) in [4.78, 5) is 14.4. The molecule has 0 atom stereocenters. The van der Waals surface area contributed by atoms with Crippen molar-refractivity contribution in [2.24, 2.45) is 5.14 Å². The zero-order valence-corrected chi connectivity index (χ0v) is 16.6. The molecule has 0 aliphatic carbocycles. The molecule has 3 aromatic rings. The normalized spacial score (nSPS) is 11.4. The van der Waals surface area contributed by atoms with Crippen LogP contribution in [0.4, 0.5) is 0 Å². The molecule has 2 N–H and O–H groups in total. The van der Waals surface area contributed by atoms with Gasteiger partial charge in [0.25, 0.3) is 5.09 Å². The maximum absolute atomic E-state index is 11.5. The van der Waals surface area contributed by atoms with Gasteiger partial charge < -0.3 is 14.1 Å². The first-order valence-corrected chi connectivity index (χ1v) is 10.4. The average Bonchev–Trinajstić information content (AvgIpc) is 3.14. The fraction of sp³-hybridized carbons (Fsp3) is 0.211. The minimum atomic E-state index is -3.81. The summed E-state index contributed by atoms with van der Waals surface area (Å²) in [6.07, 6.45) is 0.332. The molecule has 0 unspecified atom stereocenters. The van der Waals surface area contributed by atoms with Gasteiger partial charge in [0.2, 0.25) is 10.0 Å². The van der Waals surface area contributed by atoms with Crippen molar-refractivity contribution in [2.45, 2.75) is 17.9 Å². The average molecular weight is 433 g/mol. The first-order valence-electron chi connectivity index (χ1n) is 8.88. The van der Waals surface area contributed by atoms with E-state index in [1.165, 1.54) is 12.1 Å². The van der Waals surface area contributed by atoms with Crippen LogP contribution in [-0.4, -0.2) is 31.9 Å². The molecule has 0 saturated heterocycles. The summed E-state index contributed by atoms with van der Waals surface area (Å²) in [5, 5.41) is 18.6. The van der Waals surface area contributed by atoms with Crippen LogP contribution in [-0.2, 0) is 26.2 Å². The molecule has 30 heavy (non-hydrogen) atoms. The number of hydrogen-bond acceptors (Lipinski definition) is 8. The molecule has 0 bridgehead atoms. The Balaban J connectivity index is 1.85. The minimum absolute atomic E-state index is 0.00689. The van der Waals surface area contributed by atoms with Gasteiger partial charge in [-0.25, -0.2) is 13.6 Å². The van der Waals surface area contributed by atoms with Gasteiger partial charge in [0, 0.05) is 12.2 Å². The van der Waals surface area contributed by atoms with Gasteiger partial charge in [0.15, 0.2) is 5.76 Å². The molecule has 1 aromatic heterocycles. The summed E-state index contributed by atoms with van der Waals surface area (Å²) in [7, 11) is -3.81. The van der Waals surface area contributed by atoms with Crippen molar-refractivity contribution in [1.82, 2.24) is 5.16 Å². The number of sulfonamides is 1. The van der Waals surface area contributed by atoms with E-state index < -0.39 is 15.1 Å². The van der Waals surface area contributed by atoms with Gasteiger partial charge in [-0.3, -0.25) is 0 Å². The predicted octanol–water partition coefficient (Wildman–Crippen LogP) is 2.77. The van der Waals surface area contributed by atoms with Gasteiger partial charge in [0.05, 0.1) is 17.1 Å². The molecule has 158 valence electrons. The highest BCUT2D eigenvalue weighted by Crippen LogP contribution is 2.35. The third-order valence-corrected chi connectivity index (χ3v) is 5.07. The first-order chi connectivity index (χ1) is 14.4. The molecule has 0 fully saturated rings. The molecular weight excluding hydrogens is 414 g/mol. The number of rotatable bonds is 10. The molecule has 0 amide bonds. The van der Waals surface area contributed by atoms with Crippen LogP contribution < -0.4 is 5.14 Å². The molecule has 3 rings (SSSR count). The molecule has 10 nitrogen and oxygen atoms in total. The monoisotopic (exact) mass is 433 g/mol. The second-order valence-electron chi connectivity index (χ2n) is 6.23. The van der Waals surface area contributed by atoms with Crippen LogP contribution in [0.15, 0.2) is 64.0 Å². The fourth-order valence-electron chi connectivity index (χ4n) is 2.79. The van der Waals surface area contributed by atoms with Crippen molar-refractivity contribution in [2.75, 3.05) is 13.2 Å². The van der Waals surface area contributed by atoms with Crippen molar-refractivity contribution >= 4 is 10.0 Å². The molecule has 2 aromatic carbocycles. The third-order valence-electron chi connectivity index (χ3n) is 4.14. The van der Waals surface area contributed by atoms with E-state index in [1.807, 2.05) is 30.3 Å². The Morgan fingerprint density at radius 2 is 1.73 bits per heavy atom. The van der Waals surface area contributed by atoms with Crippen LogP contribution in [0.2, 0.25) is 0 Å². The molecule has 0 aliphatic rings. The smallest absolute Gasteiger partial charge is 0.294 e. The SMILES string of the molecule is NS(=O)(=O)c1ccc(-c2c(-c3ccccc3)noc2COCCCO[N+](=O)[O-])cc1. The number of hydrogen-bond donors (Lipinski definition) is 1. The molecule has 0 saturated carbocycles. The predicted molar refractivity (Wildman–Crippen MR) is 106 cm³/mol. The standard InChI is InChI=1S/C19H19N3O7S/c20-30(25,26)16-9-7-14(8-10-16)18-17(13-27-11-4-12-28-22(23)24)29-21-19(18)15-5-2-1-3-6-15/h1-3,5-10H,4,11-13H2,(H2,20,25,26). The Bertz CT molecular complexity index is 1100. The Morgan fingerprint density at radius 3 is 2.37 bits per heavy atom. The lowest BCUT2D eigenvalue weighted by molar-refractivity contribution is -0.757. The molecule has 11 heteroatoms. The lowest BCUT2D eigenvalue weighted by Gasteiger charge is -2.07. The largest absolute Gasteiger partial charge is 0.373 e. The highest BCUT2D eigenvalue weighted by atomic mass is 32.2. The van der Waals surface area contributed by atoms with Gasteiger partial charge >= 0.3 is 0 Å². The van der Waals surface area contributed by atoms with Gasteiger partial charge in [-0.2, -0.15) is 0 Å². The Morgan fingerprint density at radius 1 is 1.03 bits per heavy atom. The van der Waals surface area contributed by atoms with Crippen LogP contribution in [0.25, 0.3) is 22.4 Å². The summed E-state index contributed by atoms with van der Waals surface area (Å²) >= 11 is 0. The van der Waals surface area contributed by atoms with E-state index in [4.69, 9.17) is 14.4 Å². The van der Waals surface area contributed by atoms with Crippen molar-refractivity contribution in [1.29, 1.82) is 0 Å². The van der Waals surface area contributed by atoms with Crippen molar-refractivity contribution in [3.05, 3.63) is 70.5 Å². The minimum Gasteiger partial charge on any atom is -0.373 e. The number of nitrogens with zero attached hydrogens (tertiary/aromatic N) is 2. The van der Waals surface area contributed by atoms with E-state index in [2.05, 4.69) is 9.99 Å². The van der Waals surface area contributed by atoms with E-state index >= 15 is 0 Å². The van der Waals surface area contributed by atoms with Crippen LogP contribution in [0.1, 0.15) is 12.2 Å². The summed E-state index contributed by atoms with van der Waals surface area (Å²) < 4.78 is 34.1. The first kappa shape index (κ1) is 21.4. The third kappa shape index (κ3) is 5.41. The number of aromatic nitrogens is 1. The zero-order valence-electron chi connectivity index (χ0n) is 15.8. The lowest BCUT2D eigenvalue weighted by atomic mass is 9.99. The van der Waals surface area contributed by atoms with Gasteiger partial charge in [-0.05, 0) is 24.1 Å². The van der Waals surface area contributed by atoms with Crippen molar-refractivity contribution < 1.29 is 27.6 Å². The van der Waals surface area contributed by atoms with Crippen molar-refractivity contribution in [3.8, 4) is 22.4 Å². The summed E-state index contributed by atoms with van der Waals surface area (Å²) in [6.45, 7) is 0.226. The molecular formula is C19H19N3O7S. The van der Waals surface area contributed by atoms with Gasteiger partial charge in [-0.1, -0.05) is 47.6 Å². The highest BCUT2D eigenvalue weighted by molar-refractivity contribution is 7.89. The second kappa shape index (κ2) is 9.48. The van der Waals surface area contributed by atoms with Crippen LogP contribution >= 0.6 is 0 Å². The van der Waals surface area contributed by atoms with E-state index in [-0.39, 0.29) is 24.7 Å². The summed E-state index contributed by atoms with van der Waals surface area (Å²) in [5.74, 6) is 0.437. The summed E-state index contributed by atoms with van der Waals surface area (Å²) in [5.41, 5.74) is 2.73. The van der Waals surface area contributed by atoms with Crippen LogP contribution in [0.5, 0.6) is 0 Å². The van der Waals surface area contributed by atoms with E-state index in [0.29, 0.717) is 29.0 Å². The maximum atomic E-state index is 11.5. The van der Waals surface area contributed by atoms with Gasteiger partial charge in [0.1, 0.15) is 12.3 Å². The topological polar surface area (TPSA) is 148 Å². The quantitative estimate of drug-likeness (QED) is 0.291. The maximum Gasteiger partial charge on any atom is 0.294 e. The van der Waals surface area contributed by atoms with Crippen molar-refractivity contribution in [3.63, 3.8) is 0 Å². The highest BCUT2D eigenvalue weighted by Gasteiger charge is 2.20. The second-order valence-corrected chi connectivity index (χ2v) is 7.79. The molecule has 0 radical (unpaired) electrons. The lowest BCUT2D eigenvalue weighted by Crippen LogP contribution is -2.11. The Hall–Kier alpha value is -3.28. The zero-order chi connectivity index (χ0) is 21.6. The molecule has 0 spiro atoms. The Labute approximate surface area is 172 Å². The van der Waals surface area contributed by atoms with Gasteiger partial charge in [-0.15, -0.1) is 10.1 Å². The number of benzene rings is 2. The van der Waals surface area contributed by atoms with Crippen LogP contribution in [0, 0.1) is 10.1 Å². The fourth-order valence-corrected chi connectivity index (χ4v) is 3.31. The van der Waals surface area contributed by atoms with E-state index in [9.17, 15) is 18.5 Å². The molecule has 0 aliphatic heterocycles. The Kier molecular flexibility index (Phi) is 6.77. The van der Waals surface area contributed by atoms with E-state index in [1.54, 1.807) is 12.1 Å². The number of ether oxygens (including phenoxy) is 1. The summed E-state index contributed by atoms with van der Waals surface area (Å²) in [6, 6.07) is 15.4. The van der Waals surface area contributed by atoms with E-state index in [0.717, 1.165) is 5.56 Å². The number of primary sulfonamides is 1. The molecule has 1 heterocycles. The van der Waals surface area contributed by atoms with Crippen LogP contribution in [0.3, 0.4) is 0 Å². The number of nitrogens with two attached hydrogens (primary N) is 1.